The van der Waals surface area contributed by atoms with Gasteiger partial charge < -0.3 is 10.7 Å². The molecule has 1 aromatic carbocycles. The highest BCUT2D eigenvalue weighted by Crippen LogP contribution is 2.27. The number of benzene rings is 1. The zero-order valence-electron chi connectivity index (χ0n) is 9.53. The molecule has 0 atom stereocenters. The molecule has 0 spiro atoms. The van der Waals surface area contributed by atoms with Gasteiger partial charge in [0.2, 0.25) is 0 Å². The molecule has 1 heterocycles. The number of aromatic amines is 1. The van der Waals surface area contributed by atoms with Gasteiger partial charge in [-0.15, -0.1) is 11.8 Å². The first-order chi connectivity index (χ1) is 8.24. The Morgan fingerprint density at radius 2 is 2.06 bits per heavy atom. The number of thioether (sulfide) groups is 1. The number of nitrogens with zero attached hydrogens (tertiary/aromatic N) is 1. The van der Waals surface area contributed by atoms with Crippen molar-refractivity contribution in [2.75, 3.05) is 12.8 Å². The Morgan fingerprint density at radius 3 is 2.65 bits per heavy atom. The summed E-state index contributed by atoms with van der Waals surface area (Å²) in [6, 6.07) is 8.18. The van der Waals surface area contributed by atoms with Crippen LogP contribution in [0.15, 0.2) is 29.2 Å². The normalized spacial score (nSPS) is 10.8. The van der Waals surface area contributed by atoms with Gasteiger partial charge in [-0.2, -0.15) is 0 Å². The van der Waals surface area contributed by atoms with Gasteiger partial charge in [-0.3, -0.25) is 0 Å². The summed E-state index contributed by atoms with van der Waals surface area (Å²) < 4.78 is 0. The third kappa shape index (κ3) is 2.83. The summed E-state index contributed by atoms with van der Waals surface area (Å²) in [5, 5.41) is 0.574. The van der Waals surface area contributed by atoms with Crippen LogP contribution in [-0.4, -0.2) is 22.8 Å². The maximum Gasteiger partial charge on any atom is 0.134 e. The lowest BCUT2D eigenvalue weighted by molar-refractivity contribution is 0.895. The van der Waals surface area contributed by atoms with Crippen molar-refractivity contribution >= 4 is 23.4 Å². The van der Waals surface area contributed by atoms with Crippen LogP contribution >= 0.6 is 23.4 Å². The molecule has 0 unspecified atom stereocenters. The Kier molecular flexibility index (Phi) is 4.10. The minimum absolute atomic E-state index is 0.564. The van der Waals surface area contributed by atoms with E-state index in [-0.39, 0.29) is 0 Å². The van der Waals surface area contributed by atoms with Gasteiger partial charge in [-0.1, -0.05) is 23.7 Å². The van der Waals surface area contributed by atoms with E-state index in [9.17, 15) is 0 Å². The molecule has 0 aliphatic heterocycles. The topological polar surface area (TPSA) is 54.7 Å². The van der Waals surface area contributed by atoms with Crippen molar-refractivity contribution < 1.29 is 0 Å². The molecule has 17 heavy (non-hydrogen) atoms. The molecule has 2 aromatic rings. The average molecular weight is 268 g/mol. The molecule has 0 amide bonds. The third-order valence-corrected chi connectivity index (χ3v) is 3.47. The zero-order chi connectivity index (χ0) is 12.3. The number of aromatic nitrogens is 2. The van der Waals surface area contributed by atoms with E-state index in [2.05, 4.69) is 28.4 Å². The summed E-state index contributed by atoms with van der Waals surface area (Å²) in [6.45, 7) is 0.564. The summed E-state index contributed by atoms with van der Waals surface area (Å²) >= 11 is 7.84. The van der Waals surface area contributed by atoms with E-state index < -0.39 is 0 Å². The van der Waals surface area contributed by atoms with Crippen LogP contribution in [0.3, 0.4) is 0 Å². The Labute approximate surface area is 110 Å². The van der Waals surface area contributed by atoms with E-state index in [1.807, 2.05) is 12.1 Å². The minimum atomic E-state index is 0.564. The predicted molar refractivity (Wildman–Crippen MR) is 73.6 cm³/mol. The van der Waals surface area contributed by atoms with Crippen LogP contribution in [0.5, 0.6) is 0 Å². The van der Waals surface area contributed by atoms with Gasteiger partial charge in [0.25, 0.3) is 0 Å². The van der Waals surface area contributed by atoms with E-state index in [1.165, 1.54) is 4.90 Å². The largest absolute Gasteiger partial charge is 0.332 e. The molecule has 0 saturated carbocycles. The highest BCUT2D eigenvalue weighted by molar-refractivity contribution is 7.98. The number of imidazole rings is 1. The molecule has 0 saturated heterocycles. The van der Waals surface area contributed by atoms with Crippen molar-refractivity contribution in [2.24, 2.45) is 5.73 Å². The molecule has 0 aliphatic rings. The predicted octanol–water partition coefficient (Wildman–Crippen LogP) is 2.95. The lowest BCUT2D eigenvalue weighted by Gasteiger charge is -1.99. The number of rotatable bonds is 4. The second-order valence-electron chi connectivity index (χ2n) is 3.61. The van der Waals surface area contributed by atoms with Crippen molar-refractivity contribution in [3.63, 3.8) is 0 Å². The van der Waals surface area contributed by atoms with Crippen LogP contribution in [0.1, 0.15) is 5.82 Å². The molecular formula is C12H14ClN3S. The van der Waals surface area contributed by atoms with E-state index in [0.717, 1.165) is 17.1 Å². The van der Waals surface area contributed by atoms with Crippen LogP contribution in [0.2, 0.25) is 5.15 Å². The summed E-state index contributed by atoms with van der Waals surface area (Å²) in [6.07, 6.45) is 2.76. The van der Waals surface area contributed by atoms with Gasteiger partial charge in [0.15, 0.2) is 0 Å². The summed E-state index contributed by atoms with van der Waals surface area (Å²) in [4.78, 5) is 8.72. The van der Waals surface area contributed by atoms with Crippen molar-refractivity contribution in [3.8, 4) is 11.3 Å². The van der Waals surface area contributed by atoms with Crippen LogP contribution in [0.25, 0.3) is 11.3 Å². The number of hydrogen-bond donors (Lipinski definition) is 2. The fourth-order valence-corrected chi connectivity index (χ4v) is 2.26. The van der Waals surface area contributed by atoms with Gasteiger partial charge in [0.05, 0.1) is 0 Å². The van der Waals surface area contributed by atoms with Gasteiger partial charge in [-0.05, 0) is 24.9 Å². The molecular weight excluding hydrogens is 254 g/mol. The molecule has 0 fully saturated rings. The van der Waals surface area contributed by atoms with Crippen molar-refractivity contribution in [2.45, 2.75) is 11.3 Å². The van der Waals surface area contributed by atoms with Gasteiger partial charge in [-0.25, -0.2) is 4.98 Å². The molecule has 90 valence electrons. The Bertz CT molecular complexity index is 493. The fraction of sp³-hybridized carbons (Fsp3) is 0.250. The molecule has 3 nitrogen and oxygen atoms in total. The first-order valence-electron chi connectivity index (χ1n) is 5.33. The molecule has 0 radical (unpaired) electrons. The standard InChI is InChI=1S/C12H14ClN3S/c1-17-9-4-2-8(3-5-9)11-12(13)16-10(15-11)6-7-14/h2-5H,6-7,14H2,1H3,(H,15,16). The van der Waals surface area contributed by atoms with Crippen molar-refractivity contribution in [1.82, 2.24) is 9.97 Å². The zero-order valence-corrected chi connectivity index (χ0v) is 11.1. The molecule has 0 bridgehead atoms. The van der Waals surface area contributed by atoms with Crippen LogP contribution in [0, 0.1) is 0 Å². The third-order valence-electron chi connectivity index (χ3n) is 2.45. The Hall–Kier alpha value is -0.970. The summed E-state index contributed by atoms with van der Waals surface area (Å²) in [5.41, 5.74) is 7.31. The van der Waals surface area contributed by atoms with Gasteiger partial charge in [0, 0.05) is 16.9 Å². The first kappa shape index (κ1) is 12.5. The molecule has 2 rings (SSSR count). The number of nitrogens with one attached hydrogen (secondary N) is 1. The SMILES string of the molecule is CSc1ccc(-c2nc(CCN)[nH]c2Cl)cc1. The lowest BCUT2D eigenvalue weighted by atomic mass is 10.2. The van der Waals surface area contributed by atoms with Crippen LogP contribution in [-0.2, 0) is 6.42 Å². The van der Waals surface area contributed by atoms with Gasteiger partial charge in [0.1, 0.15) is 16.7 Å². The highest BCUT2D eigenvalue weighted by atomic mass is 35.5. The monoisotopic (exact) mass is 267 g/mol. The second-order valence-corrected chi connectivity index (χ2v) is 4.87. The van der Waals surface area contributed by atoms with E-state index in [4.69, 9.17) is 17.3 Å². The number of halogens is 1. The van der Waals surface area contributed by atoms with Crippen molar-refractivity contribution in [3.05, 3.63) is 35.2 Å². The number of hydrogen-bond acceptors (Lipinski definition) is 3. The average Bonchev–Trinajstić information content (AvgIpc) is 2.71. The quantitative estimate of drug-likeness (QED) is 0.838. The highest BCUT2D eigenvalue weighted by Gasteiger charge is 2.09. The number of nitrogens with two attached hydrogens (primary N) is 1. The van der Waals surface area contributed by atoms with Crippen LogP contribution < -0.4 is 5.73 Å². The van der Waals surface area contributed by atoms with E-state index >= 15 is 0 Å². The molecule has 0 aliphatic carbocycles. The maximum absolute atomic E-state index is 6.12. The first-order valence-corrected chi connectivity index (χ1v) is 6.93. The Balaban J connectivity index is 2.31. The van der Waals surface area contributed by atoms with Gasteiger partial charge >= 0.3 is 0 Å². The molecule has 3 N–H and O–H groups in total. The Morgan fingerprint density at radius 1 is 1.35 bits per heavy atom. The van der Waals surface area contributed by atoms with E-state index in [0.29, 0.717) is 18.1 Å². The number of H-pyrrole nitrogens is 1. The smallest absolute Gasteiger partial charge is 0.134 e. The van der Waals surface area contributed by atoms with E-state index in [1.54, 1.807) is 11.8 Å². The fourth-order valence-electron chi connectivity index (χ4n) is 1.59. The summed E-state index contributed by atoms with van der Waals surface area (Å²) in [7, 11) is 0. The molecule has 1 aromatic heterocycles. The molecule has 5 heteroatoms. The second kappa shape index (κ2) is 5.58. The van der Waals surface area contributed by atoms with Crippen LogP contribution in [0.4, 0.5) is 0 Å². The maximum atomic E-state index is 6.12. The lowest BCUT2D eigenvalue weighted by Crippen LogP contribution is -2.03. The van der Waals surface area contributed by atoms with Crippen molar-refractivity contribution in [1.29, 1.82) is 0 Å². The minimum Gasteiger partial charge on any atom is -0.332 e. The summed E-state index contributed by atoms with van der Waals surface area (Å²) in [5.74, 6) is 0.835.